The van der Waals surface area contributed by atoms with Crippen LogP contribution in [0.25, 0.3) is 0 Å². The van der Waals surface area contributed by atoms with Gasteiger partial charge in [0.15, 0.2) is 5.78 Å². The smallest absolute Gasteiger partial charge is 0.179 e. The third-order valence-corrected chi connectivity index (χ3v) is 2.19. The average molecular weight is 198 g/mol. The number of nitrogen functional groups attached to an aromatic ring is 1. The lowest BCUT2D eigenvalue weighted by Gasteiger charge is -2.04. The number of alkyl halides is 1. The van der Waals surface area contributed by atoms with E-state index in [0.29, 0.717) is 11.3 Å². The van der Waals surface area contributed by atoms with E-state index >= 15 is 0 Å². The number of hydrogen-bond donors (Lipinski definition) is 1. The molecule has 3 heteroatoms. The third-order valence-electron chi connectivity index (χ3n) is 1.95. The van der Waals surface area contributed by atoms with Gasteiger partial charge in [-0.05, 0) is 24.1 Å². The Kier molecular flexibility index (Phi) is 3.32. The van der Waals surface area contributed by atoms with E-state index in [4.69, 9.17) is 17.3 Å². The van der Waals surface area contributed by atoms with Crippen molar-refractivity contribution in [1.82, 2.24) is 0 Å². The number of nitrogens with two attached hydrogens (primary N) is 1. The molecule has 1 rings (SSSR count). The number of Topliss-reactive ketones (excluding diaryl/α,β-unsaturated/α-hetero) is 1. The molecule has 0 radical (unpaired) electrons. The lowest BCUT2D eigenvalue weighted by atomic mass is 10.1. The maximum Gasteiger partial charge on any atom is 0.179 e. The molecule has 0 spiro atoms. The Labute approximate surface area is 82.7 Å². The van der Waals surface area contributed by atoms with Crippen molar-refractivity contribution in [3.8, 4) is 0 Å². The first-order valence-corrected chi connectivity index (χ1v) is 4.70. The molecule has 0 aliphatic carbocycles. The highest BCUT2D eigenvalue weighted by Gasteiger charge is 2.07. The van der Waals surface area contributed by atoms with E-state index in [9.17, 15) is 4.79 Å². The zero-order valence-corrected chi connectivity index (χ0v) is 8.27. The van der Waals surface area contributed by atoms with Gasteiger partial charge in [-0.25, -0.2) is 0 Å². The normalized spacial score (nSPS) is 10.0. The summed E-state index contributed by atoms with van der Waals surface area (Å²) in [6.45, 7) is 2.04. The summed E-state index contributed by atoms with van der Waals surface area (Å²) in [4.78, 5) is 11.2. The van der Waals surface area contributed by atoms with Crippen LogP contribution in [0.2, 0.25) is 0 Å². The molecule has 0 atom stereocenters. The van der Waals surface area contributed by atoms with Crippen molar-refractivity contribution < 1.29 is 4.79 Å². The Morgan fingerprint density at radius 3 is 2.69 bits per heavy atom. The van der Waals surface area contributed by atoms with Crippen molar-refractivity contribution in [2.45, 2.75) is 13.3 Å². The minimum Gasteiger partial charge on any atom is -0.398 e. The first-order valence-electron chi connectivity index (χ1n) is 4.16. The van der Waals surface area contributed by atoms with E-state index in [2.05, 4.69) is 0 Å². The molecule has 0 fully saturated rings. The molecule has 0 unspecified atom stereocenters. The van der Waals surface area contributed by atoms with Gasteiger partial charge in [0.25, 0.3) is 0 Å². The molecule has 0 heterocycles. The van der Waals surface area contributed by atoms with Crippen LogP contribution in [0.4, 0.5) is 5.69 Å². The maximum absolute atomic E-state index is 11.2. The van der Waals surface area contributed by atoms with E-state index in [1.165, 1.54) is 0 Å². The number of hydrogen-bond acceptors (Lipinski definition) is 2. The molecule has 0 saturated heterocycles. The molecule has 13 heavy (non-hydrogen) atoms. The monoisotopic (exact) mass is 197 g/mol. The Balaban J connectivity index is 3.05. The summed E-state index contributed by atoms with van der Waals surface area (Å²) in [5, 5.41) is 0. The maximum atomic E-state index is 11.2. The predicted molar refractivity (Wildman–Crippen MR) is 55.3 cm³/mol. The highest BCUT2D eigenvalue weighted by atomic mass is 35.5. The molecule has 0 amide bonds. The summed E-state index contributed by atoms with van der Waals surface area (Å²) in [5.74, 6) is -0.141. The minimum atomic E-state index is -0.123. The molecule has 0 aliphatic rings. The van der Waals surface area contributed by atoms with Gasteiger partial charge in [-0.3, -0.25) is 4.79 Å². The van der Waals surface area contributed by atoms with Gasteiger partial charge >= 0.3 is 0 Å². The van der Waals surface area contributed by atoms with Gasteiger partial charge in [-0.2, -0.15) is 0 Å². The lowest BCUT2D eigenvalue weighted by molar-refractivity contribution is 0.102. The zero-order chi connectivity index (χ0) is 9.84. The second-order valence-corrected chi connectivity index (χ2v) is 3.10. The number of ketones is 1. The molecule has 0 bridgehead atoms. The number of aryl methyl sites for hydroxylation is 1. The number of halogens is 1. The van der Waals surface area contributed by atoms with Crippen LogP contribution in [-0.2, 0) is 6.42 Å². The summed E-state index contributed by atoms with van der Waals surface area (Å²) >= 11 is 5.43. The lowest BCUT2D eigenvalue weighted by Crippen LogP contribution is -2.05. The Morgan fingerprint density at radius 1 is 1.54 bits per heavy atom. The highest BCUT2D eigenvalue weighted by Crippen LogP contribution is 2.15. The van der Waals surface area contributed by atoms with Gasteiger partial charge in [-0.15, -0.1) is 11.6 Å². The molecular weight excluding hydrogens is 186 g/mol. The summed E-state index contributed by atoms with van der Waals surface area (Å²) in [6.07, 6.45) is 0.916. The average Bonchev–Trinajstić information content (AvgIpc) is 2.16. The van der Waals surface area contributed by atoms with Crippen LogP contribution in [0.3, 0.4) is 0 Å². The number of anilines is 1. The molecule has 0 saturated carbocycles. The molecule has 0 aromatic heterocycles. The number of benzene rings is 1. The fourth-order valence-corrected chi connectivity index (χ4v) is 1.30. The van der Waals surface area contributed by atoms with Gasteiger partial charge in [0.1, 0.15) is 0 Å². The van der Waals surface area contributed by atoms with Crippen LogP contribution < -0.4 is 5.73 Å². The molecule has 0 aliphatic heterocycles. The van der Waals surface area contributed by atoms with Crippen LogP contribution in [0.1, 0.15) is 22.8 Å². The summed E-state index contributed by atoms with van der Waals surface area (Å²) in [7, 11) is 0. The SMILES string of the molecule is CCc1ccc(C(=O)CCl)c(N)c1. The van der Waals surface area contributed by atoms with Gasteiger partial charge in [0.05, 0.1) is 5.88 Å². The van der Waals surface area contributed by atoms with Gasteiger partial charge in [0, 0.05) is 11.3 Å². The number of carbonyl (C=O) groups is 1. The summed E-state index contributed by atoms with van der Waals surface area (Å²) in [5.41, 5.74) is 7.86. The topological polar surface area (TPSA) is 43.1 Å². The van der Waals surface area contributed by atoms with Crippen LogP contribution in [0.15, 0.2) is 18.2 Å². The van der Waals surface area contributed by atoms with Crippen LogP contribution in [-0.4, -0.2) is 11.7 Å². The first-order chi connectivity index (χ1) is 6.19. The Morgan fingerprint density at radius 2 is 2.23 bits per heavy atom. The van der Waals surface area contributed by atoms with Crippen molar-refractivity contribution in [1.29, 1.82) is 0 Å². The van der Waals surface area contributed by atoms with E-state index in [0.717, 1.165) is 12.0 Å². The van der Waals surface area contributed by atoms with Gasteiger partial charge < -0.3 is 5.73 Å². The molecule has 1 aromatic rings. The highest BCUT2D eigenvalue weighted by molar-refractivity contribution is 6.31. The summed E-state index contributed by atoms with van der Waals surface area (Å²) in [6, 6.07) is 5.45. The Bertz CT molecular complexity index is 323. The van der Waals surface area contributed by atoms with Crippen LogP contribution in [0, 0.1) is 0 Å². The minimum absolute atomic E-state index is 0.0182. The van der Waals surface area contributed by atoms with E-state index in [1.54, 1.807) is 6.07 Å². The third kappa shape index (κ3) is 2.22. The second-order valence-electron chi connectivity index (χ2n) is 2.83. The predicted octanol–water partition coefficient (Wildman–Crippen LogP) is 2.25. The standard InChI is InChI=1S/C10H12ClNO/c1-2-7-3-4-8(9(12)5-7)10(13)6-11/h3-5H,2,6,12H2,1H3. The number of rotatable bonds is 3. The van der Waals surface area contributed by atoms with E-state index in [1.807, 2.05) is 19.1 Å². The van der Waals surface area contributed by atoms with Crippen LogP contribution in [0.5, 0.6) is 0 Å². The van der Waals surface area contributed by atoms with Crippen LogP contribution >= 0.6 is 11.6 Å². The van der Waals surface area contributed by atoms with Crippen molar-refractivity contribution in [3.63, 3.8) is 0 Å². The quantitative estimate of drug-likeness (QED) is 0.459. The fraction of sp³-hybridized carbons (Fsp3) is 0.300. The van der Waals surface area contributed by atoms with Crippen molar-refractivity contribution in [2.24, 2.45) is 0 Å². The molecule has 2 N–H and O–H groups in total. The van der Waals surface area contributed by atoms with Gasteiger partial charge in [0.2, 0.25) is 0 Å². The molecule has 1 aromatic carbocycles. The largest absolute Gasteiger partial charge is 0.398 e. The van der Waals surface area contributed by atoms with Crippen molar-refractivity contribution in [3.05, 3.63) is 29.3 Å². The summed E-state index contributed by atoms with van der Waals surface area (Å²) < 4.78 is 0. The molecule has 2 nitrogen and oxygen atoms in total. The van der Waals surface area contributed by atoms with E-state index < -0.39 is 0 Å². The van der Waals surface area contributed by atoms with Gasteiger partial charge in [-0.1, -0.05) is 13.0 Å². The fourth-order valence-electron chi connectivity index (χ4n) is 1.16. The van der Waals surface area contributed by atoms with Crippen molar-refractivity contribution >= 4 is 23.1 Å². The first kappa shape index (κ1) is 10.1. The molecular formula is C10H12ClNO. The second kappa shape index (κ2) is 4.28. The van der Waals surface area contributed by atoms with Crippen molar-refractivity contribution in [2.75, 3.05) is 11.6 Å². The zero-order valence-electron chi connectivity index (χ0n) is 7.51. The molecule has 70 valence electrons. The van der Waals surface area contributed by atoms with E-state index in [-0.39, 0.29) is 11.7 Å². The Hall–Kier alpha value is -1.02. The number of carbonyl (C=O) groups excluding carboxylic acids is 1.